The van der Waals surface area contributed by atoms with Gasteiger partial charge >= 0.3 is 0 Å². The van der Waals surface area contributed by atoms with E-state index in [4.69, 9.17) is 16.3 Å². The molecule has 1 aromatic heterocycles. The van der Waals surface area contributed by atoms with Gasteiger partial charge in [0.2, 0.25) is 0 Å². The van der Waals surface area contributed by atoms with E-state index in [0.717, 1.165) is 22.2 Å². The first-order chi connectivity index (χ1) is 9.78. The van der Waals surface area contributed by atoms with E-state index in [1.807, 2.05) is 48.5 Å². The lowest BCUT2D eigenvalue weighted by atomic mass is 10.2. The van der Waals surface area contributed by atoms with Crippen LogP contribution in [0.5, 0.6) is 11.5 Å². The average molecular weight is 349 g/mol. The highest BCUT2D eigenvalue weighted by Crippen LogP contribution is 2.34. The fraction of sp³-hybridized carbons (Fsp3) is 0.0625. The van der Waals surface area contributed by atoms with E-state index in [-0.39, 0.29) is 0 Å². The summed E-state index contributed by atoms with van der Waals surface area (Å²) >= 11 is 9.66. The number of para-hydroxylation sites is 1. The third kappa shape index (κ3) is 2.65. The van der Waals surface area contributed by atoms with Gasteiger partial charge in [0.15, 0.2) is 0 Å². The zero-order valence-electron chi connectivity index (χ0n) is 10.5. The Morgan fingerprint density at radius 2 is 2.00 bits per heavy atom. The molecule has 4 heteroatoms. The van der Waals surface area contributed by atoms with E-state index < -0.39 is 0 Å². The summed E-state index contributed by atoms with van der Waals surface area (Å²) in [7, 11) is 0. The van der Waals surface area contributed by atoms with Crippen LogP contribution in [0.4, 0.5) is 0 Å². The standard InChI is InChI=1S/C16H11BrClNO/c17-10-12-3-1-5-14(18)16(12)20-13-7-6-11-4-2-8-19-15(11)9-13/h1-9H,10H2. The molecule has 2 aromatic carbocycles. The van der Waals surface area contributed by atoms with Gasteiger partial charge in [-0.2, -0.15) is 0 Å². The Bertz CT molecular complexity index is 760. The summed E-state index contributed by atoms with van der Waals surface area (Å²) in [6.07, 6.45) is 1.77. The third-order valence-corrected chi connectivity index (χ3v) is 3.89. The molecule has 0 saturated heterocycles. The monoisotopic (exact) mass is 347 g/mol. The number of benzene rings is 2. The number of aromatic nitrogens is 1. The molecule has 0 unspecified atom stereocenters. The molecule has 0 spiro atoms. The van der Waals surface area contributed by atoms with Gasteiger partial charge in [-0.1, -0.05) is 45.7 Å². The normalized spacial score (nSPS) is 10.7. The van der Waals surface area contributed by atoms with E-state index in [9.17, 15) is 0 Å². The molecular formula is C16H11BrClNO. The van der Waals surface area contributed by atoms with Gasteiger partial charge < -0.3 is 4.74 Å². The van der Waals surface area contributed by atoms with Crippen molar-refractivity contribution in [3.63, 3.8) is 0 Å². The molecule has 0 N–H and O–H groups in total. The van der Waals surface area contributed by atoms with Gasteiger partial charge in [-0.25, -0.2) is 0 Å². The summed E-state index contributed by atoms with van der Waals surface area (Å²) in [5.41, 5.74) is 1.91. The zero-order valence-corrected chi connectivity index (χ0v) is 12.9. The Labute approximate surface area is 130 Å². The highest BCUT2D eigenvalue weighted by atomic mass is 79.9. The van der Waals surface area contributed by atoms with Crippen LogP contribution in [0.2, 0.25) is 5.02 Å². The fourth-order valence-electron chi connectivity index (χ4n) is 2.00. The summed E-state index contributed by atoms with van der Waals surface area (Å²) in [4.78, 5) is 4.33. The van der Waals surface area contributed by atoms with Gasteiger partial charge in [-0.05, 0) is 24.3 Å². The van der Waals surface area contributed by atoms with Crippen LogP contribution in [-0.2, 0) is 5.33 Å². The molecule has 1 heterocycles. The van der Waals surface area contributed by atoms with Gasteiger partial charge in [0.25, 0.3) is 0 Å². The molecule has 0 amide bonds. The summed E-state index contributed by atoms with van der Waals surface area (Å²) < 4.78 is 5.94. The van der Waals surface area contributed by atoms with Crippen molar-refractivity contribution < 1.29 is 4.74 Å². The Morgan fingerprint density at radius 1 is 1.10 bits per heavy atom. The Hall–Kier alpha value is -1.58. The van der Waals surface area contributed by atoms with Crippen molar-refractivity contribution in [3.05, 3.63) is 65.3 Å². The molecule has 0 atom stereocenters. The first kappa shape index (κ1) is 13.4. The smallest absolute Gasteiger partial charge is 0.150 e. The van der Waals surface area contributed by atoms with Crippen LogP contribution in [0.1, 0.15) is 5.56 Å². The number of pyridine rings is 1. The summed E-state index contributed by atoms with van der Waals surface area (Å²) in [5.74, 6) is 1.41. The van der Waals surface area contributed by atoms with Crippen molar-refractivity contribution in [1.82, 2.24) is 4.98 Å². The van der Waals surface area contributed by atoms with E-state index in [1.54, 1.807) is 6.20 Å². The third-order valence-electron chi connectivity index (χ3n) is 2.99. The Kier molecular flexibility index (Phi) is 3.90. The van der Waals surface area contributed by atoms with Crippen LogP contribution < -0.4 is 4.74 Å². The molecule has 0 aliphatic carbocycles. The van der Waals surface area contributed by atoms with Crippen LogP contribution in [0, 0.1) is 0 Å². The van der Waals surface area contributed by atoms with Gasteiger partial charge in [-0.3, -0.25) is 4.98 Å². The quantitative estimate of drug-likeness (QED) is 0.577. The summed E-state index contributed by atoms with van der Waals surface area (Å²) in [6, 6.07) is 15.5. The van der Waals surface area contributed by atoms with E-state index in [1.165, 1.54) is 0 Å². The van der Waals surface area contributed by atoms with Crippen LogP contribution in [0.3, 0.4) is 0 Å². The first-order valence-electron chi connectivity index (χ1n) is 6.14. The van der Waals surface area contributed by atoms with Crippen LogP contribution in [0.25, 0.3) is 10.9 Å². The molecule has 0 radical (unpaired) electrons. The maximum Gasteiger partial charge on any atom is 0.150 e. The molecule has 0 saturated carbocycles. The van der Waals surface area contributed by atoms with E-state index in [2.05, 4.69) is 20.9 Å². The number of alkyl halides is 1. The largest absolute Gasteiger partial charge is 0.455 e. The highest BCUT2D eigenvalue weighted by Gasteiger charge is 2.09. The predicted octanol–water partition coefficient (Wildman–Crippen LogP) is 5.58. The molecule has 3 rings (SSSR count). The number of ether oxygens (including phenoxy) is 1. The highest BCUT2D eigenvalue weighted by molar-refractivity contribution is 9.08. The second-order valence-electron chi connectivity index (χ2n) is 4.32. The minimum Gasteiger partial charge on any atom is -0.455 e. The van der Waals surface area contributed by atoms with E-state index in [0.29, 0.717) is 16.1 Å². The number of hydrogen-bond donors (Lipinski definition) is 0. The minimum absolute atomic E-state index is 0.600. The SMILES string of the molecule is Clc1cccc(CBr)c1Oc1ccc2cccnc2c1. The van der Waals surface area contributed by atoms with Gasteiger partial charge in [0.05, 0.1) is 10.5 Å². The molecule has 3 aromatic rings. The Balaban J connectivity index is 2.01. The summed E-state index contributed by atoms with van der Waals surface area (Å²) in [5, 5.41) is 2.37. The number of nitrogens with zero attached hydrogens (tertiary/aromatic N) is 1. The van der Waals surface area contributed by atoms with Crippen molar-refractivity contribution in [2.24, 2.45) is 0 Å². The lowest BCUT2D eigenvalue weighted by Gasteiger charge is -2.11. The first-order valence-corrected chi connectivity index (χ1v) is 7.64. The number of hydrogen-bond acceptors (Lipinski definition) is 2. The molecule has 20 heavy (non-hydrogen) atoms. The Morgan fingerprint density at radius 3 is 2.85 bits per heavy atom. The minimum atomic E-state index is 0.600. The van der Waals surface area contributed by atoms with E-state index >= 15 is 0 Å². The average Bonchev–Trinajstić information content (AvgIpc) is 2.49. The lowest BCUT2D eigenvalue weighted by Crippen LogP contribution is -1.91. The molecule has 0 bridgehead atoms. The maximum atomic E-state index is 6.21. The van der Waals surface area contributed by atoms with Crippen LogP contribution in [-0.4, -0.2) is 4.98 Å². The molecular weight excluding hydrogens is 338 g/mol. The van der Waals surface area contributed by atoms with Crippen molar-refractivity contribution in [1.29, 1.82) is 0 Å². The summed E-state index contributed by atoms with van der Waals surface area (Å²) in [6.45, 7) is 0. The molecule has 0 fully saturated rings. The van der Waals surface area contributed by atoms with Gasteiger partial charge in [-0.15, -0.1) is 0 Å². The molecule has 2 nitrogen and oxygen atoms in total. The number of fused-ring (bicyclic) bond motifs is 1. The van der Waals surface area contributed by atoms with Gasteiger partial charge in [0, 0.05) is 28.5 Å². The van der Waals surface area contributed by atoms with Crippen molar-refractivity contribution in [2.75, 3.05) is 0 Å². The second kappa shape index (κ2) is 5.81. The van der Waals surface area contributed by atoms with Crippen molar-refractivity contribution in [3.8, 4) is 11.5 Å². The predicted molar refractivity (Wildman–Crippen MR) is 85.9 cm³/mol. The van der Waals surface area contributed by atoms with Crippen LogP contribution >= 0.6 is 27.5 Å². The molecule has 0 aliphatic heterocycles. The van der Waals surface area contributed by atoms with Crippen molar-refractivity contribution >= 4 is 38.4 Å². The number of rotatable bonds is 3. The lowest BCUT2D eigenvalue weighted by molar-refractivity contribution is 0.479. The second-order valence-corrected chi connectivity index (χ2v) is 5.29. The van der Waals surface area contributed by atoms with Crippen molar-refractivity contribution in [2.45, 2.75) is 5.33 Å². The zero-order chi connectivity index (χ0) is 13.9. The topological polar surface area (TPSA) is 22.1 Å². The fourth-order valence-corrected chi connectivity index (χ4v) is 2.67. The maximum absolute atomic E-state index is 6.21. The number of halogens is 2. The van der Waals surface area contributed by atoms with Crippen LogP contribution in [0.15, 0.2) is 54.7 Å². The molecule has 0 aliphatic rings. The van der Waals surface area contributed by atoms with Gasteiger partial charge in [0.1, 0.15) is 11.5 Å². The molecule has 100 valence electrons.